The van der Waals surface area contributed by atoms with E-state index in [2.05, 4.69) is 59.1 Å². The van der Waals surface area contributed by atoms with E-state index >= 15 is 0 Å². The monoisotopic (exact) mass is 417 g/mol. The van der Waals surface area contributed by atoms with Crippen molar-refractivity contribution in [2.24, 2.45) is 0 Å². The van der Waals surface area contributed by atoms with Crippen LogP contribution in [0.5, 0.6) is 0 Å². The summed E-state index contributed by atoms with van der Waals surface area (Å²) in [6.45, 7) is 2.99. The zero-order valence-corrected chi connectivity index (χ0v) is 14.8. The van der Waals surface area contributed by atoms with Crippen molar-refractivity contribution in [1.29, 1.82) is 0 Å². The van der Waals surface area contributed by atoms with Crippen molar-refractivity contribution >= 4 is 34.2 Å². The van der Waals surface area contributed by atoms with Crippen molar-refractivity contribution in [2.45, 2.75) is 25.8 Å². The molecule has 1 N–H and O–H groups in total. The average molecular weight is 418 g/mol. The zero-order chi connectivity index (χ0) is 15.2. The van der Waals surface area contributed by atoms with Gasteiger partial charge in [-0.05, 0) is 77.4 Å². The summed E-state index contributed by atoms with van der Waals surface area (Å²) in [5.74, 6) is -0.290. The Morgan fingerprint density at radius 1 is 1.14 bits per heavy atom. The molecule has 112 valence electrons. The maximum absolute atomic E-state index is 13.1. The lowest BCUT2D eigenvalue weighted by Crippen LogP contribution is -2.33. The van der Waals surface area contributed by atoms with Crippen LogP contribution in [0.3, 0.4) is 0 Å². The molecule has 1 unspecified atom stereocenters. The van der Waals surface area contributed by atoms with Crippen LogP contribution in [0.15, 0.2) is 42.5 Å². The third kappa shape index (κ3) is 5.24. The molecule has 0 aliphatic rings. The molecule has 0 fully saturated rings. The van der Waals surface area contributed by atoms with Gasteiger partial charge in [0.25, 0.3) is 0 Å². The van der Waals surface area contributed by atoms with Crippen molar-refractivity contribution in [2.75, 3.05) is 6.54 Å². The molecule has 0 aliphatic heterocycles. The van der Waals surface area contributed by atoms with Crippen LogP contribution in [-0.4, -0.2) is 12.6 Å². The van der Waals surface area contributed by atoms with Gasteiger partial charge in [0.1, 0.15) is 5.82 Å². The van der Waals surface area contributed by atoms with E-state index in [-0.39, 0.29) is 11.9 Å². The minimum Gasteiger partial charge on any atom is -0.314 e. The molecule has 0 saturated carbocycles. The van der Waals surface area contributed by atoms with Gasteiger partial charge in [0, 0.05) is 14.6 Å². The Labute approximate surface area is 144 Å². The summed E-state index contributed by atoms with van der Waals surface area (Å²) in [6, 6.07) is 13.4. The van der Waals surface area contributed by atoms with Crippen molar-refractivity contribution in [3.63, 3.8) is 0 Å². The predicted octanol–water partition coefficient (Wildman–Crippen LogP) is 4.85. The molecule has 0 aromatic heterocycles. The van der Waals surface area contributed by atoms with Crippen LogP contribution in [0.2, 0.25) is 5.02 Å². The van der Waals surface area contributed by atoms with Gasteiger partial charge < -0.3 is 5.32 Å². The van der Waals surface area contributed by atoms with Gasteiger partial charge in [0.05, 0.1) is 0 Å². The molecular formula is C17H18ClFIN. The fourth-order valence-electron chi connectivity index (χ4n) is 2.36. The summed E-state index contributed by atoms with van der Waals surface area (Å²) in [5, 5.41) is 3.98. The molecule has 21 heavy (non-hydrogen) atoms. The van der Waals surface area contributed by atoms with Crippen LogP contribution in [0.1, 0.15) is 18.1 Å². The first-order valence-electron chi connectivity index (χ1n) is 7.00. The summed E-state index contributed by atoms with van der Waals surface area (Å²) in [6.07, 6.45) is 1.72. The number of rotatable bonds is 6. The Balaban J connectivity index is 2.09. The largest absolute Gasteiger partial charge is 0.314 e. The van der Waals surface area contributed by atoms with E-state index in [9.17, 15) is 4.39 Å². The maximum atomic E-state index is 13.1. The van der Waals surface area contributed by atoms with E-state index in [1.165, 1.54) is 21.3 Å². The molecule has 0 saturated heterocycles. The third-order valence-corrected chi connectivity index (χ3v) is 4.44. The molecule has 0 aliphatic carbocycles. The van der Waals surface area contributed by atoms with E-state index in [0.717, 1.165) is 24.9 Å². The molecule has 2 rings (SSSR count). The molecule has 0 heterocycles. The Kier molecular flexibility index (Phi) is 6.45. The molecule has 0 bridgehead atoms. The summed E-state index contributed by atoms with van der Waals surface area (Å²) < 4.78 is 14.4. The van der Waals surface area contributed by atoms with Crippen molar-refractivity contribution in [3.8, 4) is 0 Å². The molecule has 4 heteroatoms. The smallest absolute Gasteiger partial charge is 0.124 e. The standard InChI is InChI=1S/C17H18ClFIN/c1-2-21-16(9-12-3-7-15(20)8-4-12)10-13-5-6-14(19)11-17(13)18/h3-8,11,16,21H,2,9-10H2,1H3. The van der Waals surface area contributed by atoms with Gasteiger partial charge in [0.15, 0.2) is 0 Å². The number of nitrogens with one attached hydrogen (secondary N) is 1. The topological polar surface area (TPSA) is 12.0 Å². The SMILES string of the molecule is CCNC(Cc1ccc(I)cc1)Cc1ccc(F)cc1Cl. The van der Waals surface area contributed by atoms with Crippen LogP contribution in [0.25, 0.3) is 0 Å². The number of likely N-dealkylation sites (N-methyl/N-ethyl adjacent to an activating group) is 1. The normalized spacial score (nSPS) is 12.4. The van der Waals surface area contributed by atoms with Gasteiger partial charge >= 0.3 is 0 Å². The first kappa shape index (κ1) is 16.7. The summed E-state index contributed by atoms with van der Waals surface area (Å²) in [4.78, 5) is 0. The molecule has 0 amide bonds. The first-order valence-corrected chi connectivity index (χ1v) is 8.46. The highest BCUT2D eigenvalue weighted by Gasteiger charge is 2.12. The van der Waals surface area contributed by atoms with Gasteiger partial charge in [-0.25, -0.2) is 4.39 Å². The lowest BCUT2D eigenvalue weighted by atomic mass is 9.99. The average Bonchev–Trinajstić information content (AvgIpc) is 2.44. The Bertz CT molecular complexity index is 586. The van der Waals surface area contributed by atoms with E-state index in [0.29, 0.717) is 5.02 Å². The summed E-state index contributed by atoms with van der Waals surface area (Å²) >= 11 is 8.43. The zero-order valence-electron chi connectivity index (χ0n) is 11.9. The van der Waals surface area contributed by atoms with Crippen LogP contribution in [0.4, 0.5) is 4.39 Å². The minimum atomic E-state index is -0.290. The molecule has 0 spiro atoms. The minimum absolute atomic E-state index is 0.290. The van der Waals surface area contributed by atoms with Crippen molar-refractivity contribution in [3.05, 3.63) is 68.0 Å². The Morgan fingerprint density at radius 2 is 1.86 bits per heavy atom. The van der Waals surface area contributed by atoms with Crippen molar-refractivity contribution in [1.82, 2.24) is 5.32 Å². The molecule has 1 nitrogen and oxygen atoms in total. The fraction of sp³-hybridized carbons (Fsp3) is 0.294. The molecule has 0 radical (unpaired) electrons. The number of halogens is 3. The van der Waals surface area contributed by atoms with E-state index in [1.807, 2.05) is 0 Å². The van der Waals surface area contributed by atoms with Crippen LogP contribution < -0.4 is 5.32 Å². The van der Waals surface area contributed by atoms with E-state index < -0.39 is 0 Å². The molecule has 2 aromatic carbocycles. The summed E-state index contributed by atoms with van der Waals surface area (Å²) in [7, 11) is 0. The Morgan fingerprint density at radius 3 is 2.48 bits per heavy atom. The van der Waals surface area contributed by atoms with Gasteiger partial charge in [-0.1, -0.05) is 36.7 Å². The fourth-order valence-corrected chi connectivity index (χ4v) is 2.97. The highest BCUT2D eigenvalue weighted by atomic mass is 127. The highest BCUT2D eigenvalue weighted by molar-refractivity contribution is 14.1. The summed E-state index contributed by atoms with van der Waals surface area (Å²) in [5.41, 5.74) is 2.27. The van der Waals surface area contributed by atoms with Gasteiger partial charge in [-0.15, -0.1) is 0 Å². The van der Waals surface area contributed by atoms with Gasteiger partial charge in [0.2, 0.25) is 0 Å². The number of benzene rings is 2. The van der Waals surface area contributed by atoms with Crippen LogP contribution in [-0.2, 0) is 12.8 Å². The first-order chi connectivity index (χ1) is 10.1. The molecule has 1 atom stereocenters. The second kappa shape index (κ2) is 8.11. The number of hydrogen-bond acceptors (Lipinski definition) is 1. The van der Waals surface area contributed by atoms with Crippen LogP contribution >= 0.6 is 34.2 Å². The van der Waals surface area contributed by atoms with E-state index in [1.54, 1.807) is 6.07 Å². The second-order valence-corrected chi connectivity index (χ2v) is 6.68. The van der Waals surface area contributed by atoms with Crippen LogP contribution in [0, 0.1) is 9.39 Å². The molecule has 2 aromatic rings. The lowest BCUT2D eigenvalue weighted by molar-refractivity contribution is 0.521. The predicted molar refractivity (Wildman–Crippen MR) is 95.4 cm³/mol. The maximum Gasteiger partial charge on any atom is 0.124 e. The number of hydrogen-bond donors (Lipinski definition) is 1. The molecular weight excluding hydrogens is 400 g/mol. The highest BCUT2D eigenvalue weighted by Crippen LogP contribution is 2.20. The Hall–Kier alpha value is -0.650. The third-order valence-electron chi connectivity index (χ3n) is 3.37. The second-order valence-electron chi connectivity index (χ2n) is 5.03. The van der Waals surface area contributed by atoms with E-state index in [4.69, 9.17) is 11.6 Å². The van der Waals surface area contributed by atoms with Gasteiger partial charge in [-0.2, -0.15) is 0 Å². The lowest BCUT2D eigenvalue weighted by Gasteiger charge is -2.19. The van der Waals surface area contributed by atoms with Gasteiger partial charge in [-0.3, -0.25) is 0 Å². The van der Waals surface area contributed by atoms with Crippen molar-refractivity contribution < 1.29 is 4.39 Å². The quantitative estimate of drug-likeness (QED) is 0.663.